The van der Waals surface area contributed by atoms with E-state index >= 15 is 0 Å². The lowest BCUT2D eigenvalue weighted by molar-refractivity contribution is 0.101. The van der Waals surface area contributed by atoms with E-state index in [9.17, 15) is 4.79 Å². The minimum Gasteiger partial charge on any atom is -0.358 e. The lowest BCUT2D eigenvalue weighted by Gasteiger charge is -1.95. The summed E-state index contributed by atoms with van der Waals surface area (Å²) >= 11 is 0. The van der Waals surface area contributed by atoms with E-state index in [1.807, 2.05) is 25.1 Å². The summed E-state index contributed by atoms with van der Waals surface area (Å²) in [7, 11) is 0. The number of hydrogen-bond acceptors (Lipinski definition) is 1. The van der Waals surface area contributed by atoms with Crippen LogP contribution in [0.4, 0.5) is 0 Å². The van der Waals surface area contributed by atoms with E-state index in [0.717, 1.165) is 11.1 Å². The van der Waals surface area contributed by atoms with Crippen molar-refractivity contribution in [2.75, 3.05) is 0 Å². The van der Waals surface area contributed by atoms with Gasteiger partial charge < -0.3 is 4.98 Å². The third-order valence-electron chi connectivity index (χ3n) is 2.71. The number of ketones is 1. The van der Waals surface area contributed by atoms with Crippen molar-refractivity contribution in [3.05, 3.63) is 35.0 Å². The minimum atomic E-state index is 0.108. The molecule has 1 aromatic heterocycles. The third-order valence-corrected chi connectivity index (χ3v) is 2.71. The molecule has 0 saturated carbocycles. The Morgan fingerprint density at radius 1 is 1.29 bits per heavy atom. The highest BCUT2D eigenvalue weighted by Crippen LogP contribution is 2.22. The van der Waals surface area contributed by atoms with Gasteiger partial charge in [-0.3, -0.25) is 4.79 Å². The molecule has 0 radical (unpaired) electrons. The number of rotatable bonds is 1. The lowest BCUT2D eigenvalue weighted by Crippen LogP contribution is -1.90. The molecule has 72 valence electrons. The highest BCUT2D eigenvalue weighted by atomic mass is 16.1. The second-order valence-corrected chi connectivity index (χ2v) is 3.69. The number of benzene rings is 1. The molecule has 2 heteroatoms. The average molecular weight is 187 g/mol. The molecule has 1 N–H and O–H groups in total. The molecule has 2 aromatic rings. The Morgan fingerprint density at radius 2 is 2.00 bits per heavy atom. The molecule has 0 aliphatic rings. The number of Topliss-reactive ketones (excluding diaryl/α,β-unsaturated/α-hetero) is 1. The first-order valence-corrected chi connectivity index (χ1v) is 4.69. The molecule has 0 amide bonds. The number of carbonyl (C=O) groups excluding carboxylic acids is 1. The lowest BCUT2D eigenvalue weighted by atomic mass is 10.1. The van der Waals surface area contributed by atoms with Gasteiger partial charge in [-0.1, -0.05) is 12.1 Å². The predicted octanol–water partition coefficient (Wildman–Crippen LogP) is 2.99. The summed E-state index contributed by atoms with van der Waals surface area (Å²) in [5, 5.41) is 1.20. The Balaban J connectivity index is 2.73. The van der Waals surface area contributed by atoms with Gasteiger partial charge in [-0.2, -0.15) is 0 Å². The fourth-order valence-electron chi connectivity index (χ4n) is 1.69. The normalized spacial score (nSPS) is 10.8. The van der Waals surface area contributed by atoms with Crippen LogP contribution in [-0.2, 0) is 0 Å². The van der Waals surface area contributed by atoms with Crippen LogP contribution in [-0.4, -0.2) is 10.8 Å². The van der Waals surface area contributed by atoms with E-state index in [0.29, 0.717) is 0 Å². The molecular weight excluding hydrogens is 174 g/mol. The molecule has 0 atom stereocenters. The van der Waals surface area contributed by atoms with Crippen molar-refractivity contribution in [2.45, 2.75) is 20.8 Å². The van der Waals surface area contributed by atoms with Crippen molar-refractivity contribution in [3.63, 3.8) is 0 Å². The maximum Gasteiger partial charge on any atom is 0.159 e. The van der Waals surface area contributed by atoms with Crippen molar-refractivity contribution < 1.29 is 4.79 Å². The summed E-state index contributed by atoms with van der Waals surface area (Å²) in [5.41, 5.74) is 4.24. The molecule has 0 unspecified atom stereocenters. The quantitative estimate of drug-likeness (QED) is 0.684. The Bertz CT molecular complexity index is 508. The molecule has 2 rings (SSSR count). The third kappa shape index (κ3) is 1.23. The summed E-state index contributed by atoms with van der Waals surface area (Å²) < 4.78 is 0. The molecule has 1 heterocycles. The van der Waals surface area contributed by atoms with E-state index in [2.05, 4.69) is 11.9 Å². The first-order chi connectivity index (χ1) is 6.59. The van der Waals surface area contributed by atoms with Crippen molar-refractivity contribution in [3.8, 4) is 0 Å². The van der Waals surface area contributed by atoms with Crippen LogP contribution < -0.4 is 0 Å². The number of hydrogen-bond donors (Lipinski definition) is 1. The Kier molecular flexibility index (Phi) is 1.92. The van der Waals surface area contributed by atoms with Gasteiger partial charge >= 0.3 is 0 Å². The maximum absolute atomic E-state index is 11.2. The predicted molar refractivity (Wildman–Crippen MR) is 57.8 cm³/mol. The maximum atomic E-state index is 11.2. The minimum absolute atomic E-state index is 0.108. The fourth-order valence-corrected chi connectivity index (χ4v) is 1.69. The van der Waals surface area contributed by atoms with Gasteiger partial charge in [0.25, 0.3) is 0 Å². The van der Waals surface area contributed by atoms with E-state index in [1.165, 1.54) is 16.6 Å². The van der Waals surface area contributed by atoms with Gasteiger partial charge in [0.1, 0.15) is 0 Å². The van der Waals surface area contributed by atoms with E-state index in [-0.39, 0.29) is 5.78 Å². The van der Waals surface area contributed by atoms with Crippen LogP contribution >= 0.6 is 0 Å². The molecule has 0 bridgehead atoms. The largest absolute Gasteiger partial charge is 0.358 e. The molecule has 2 nitrogen and oxygen atoms in total. The van der Waals surface area contributed by atoms with Gasteiger partial charge in [-0.15, -0.1) is 0 Å². The second-order valence-electron chi connectivity index (χ2n) is 3.69. The number of carbonyl (C=O) groups is 1. The molecule has 0 aliphatic carbocycles. The monoisotopic (exact) mass is 187 g/mol. The zero-order chi connectivity index (χ0) is 10.3. The molecular formula is C12H13NO. The van der Waals surface area contributed by atoms with Crippen LogP contribution in [0.15, 0.2) is 18.2 Å². The van der Waals surface area contributed by atoms with Crippen molar-refractivity contribution >= 4 is 16.7 Å². The summed E-state index contributed by atoms with van der Waals surface area (Å²) in [4.78, 5) is 14.4. The molecule has 0 aliphatic heterocycles. The molecule has 0 saturated heterocycles. The van der Waals surface area contributed by atoms with Crippen LogP contribution in [0, 0.1) is 13.8 Å². The van der Waals surface area contributed by atoms with Crippen LogP contribution in [0.1, 0.15) is 28.5 Å². The van der Waals surface area contributed by atoms with Crippen LogP contribution in [0.25, 0.3) is 10.9 Å². The number of aryl methyl sites for hydroxylation is 2. The number of aromatic amines is 1. The van der Waals surface area contributed by atoms with E-state index in [1.54, 1.807) is 6.92 Å². The second kappa shape index (κ2) is 2.98. The van der Waals surface area contributed by atoms with E-state index in [4.69, 9.17) is 0 Å². The zero-order valence-corrected chi connectivity index (χ0v) is 8.64. The topological polar surface area (TPSA) is 32.9 Å². The SMILES string of the molecule is CC(=O)c1ccc2c(C)c(C)[nH]c2c1. The van der Waals surface area contributed by atoms with Gasteiger partial charge in [0, 0.05) is 22.2 Å². The fraction of sp³-hybridized carbons (Fsp3) is 0.250. The summed E-state index contributed by atoms with van der Waals surface area (Å²) in [6.45, 7) is 5.72. The van der Waals surface area contributed by atoms with Gasteiger partial charge in [-0.25, -0.2) is 0 Å². The highest BCUT2D eigenvalue weighted by Gasteiger charge is 2.06. The Labute approximate surface area is 82.9 Å². The molecule has 14 heavy (non-hydrogen) atoms. The van der Waals surface area contributed by atoms with Crippen molar-refractivity contribution in [1.82, 2.24) is 4.98 Å². The number of H-pyrrole nitrogens is 1. The van der Waals surface area contributed by atoms with Crippen LogP contribution in [0.2, 0.25) is 0 Å². The smallest absolute Gasteiger partial charge is 0.159 e. The number of fused-ring (bicyclic) bond motifs is 1. The van der Waals surface area contributed by atoms with Crippen molar-refractivity contribution in [1.29, 1.82) is 0 Å². The van der Waals surface area contributed by atoms with Gasteiger partial charge in [-0.05, 0) is 32.4 Å². The summed E-state index contributed by atoms with van der Waals surface area (Å²) in [5.74, 6) is 0.108. The van der Waals surface area contributed by atoms with E-state index < -0.39 is 0 Å². The number of nitrogens with one attached hydrogen (secondary N) is 1. The molecule has 0 fully saturated rings. The number of aromatic nitrogens is 1. The summed E-state index contributed by atoms with van der Waals surface area (Å²) in [6, 6.07) is 5.80. The Morgan fingerprint density at radius 3 is 2.64 bits per heavy atom. The zero-order valence-electron chi connectivity index (χ0n) is 8.64. The van der Waals surface area contributed by atoms with Crippen LogP contribution in [0.5, 0.6) is 0 Å². The summed E-state index contributed by atoms with van der Waals surface area (Å²) in [6.07, 6.45) is 0. The first-order valence-electron chi connectivity index (χ1n) is 4.69. The average Bonchev–Trinajstić information content (AvgIpc) is 2.42. The van der Waals surface area contributed by atoms with Gasteiger partial charge in [0.15, 0.2) is 5.78 Å². The molecule has 0 spiro atoms. The van der Waals surface area contributed by atoms with Gasteiger partial charge in [0.05, 0.1) is 0 Å². The van der Waals surface area contributed by atoms with Crippen molar-refractivity contribution in [2.24, 2.45) is 0 Å². The Hall–Kier alpha value is -1.57. The molecule has 1 aromatic carbocycles. The highest BCUT2D eigenvalue weighted by molar-refractivity contribution is 5.98. The first kappa shape index (κ1) is 9.00. The van der Waals surface area contributed by atoms with Crippen LogP contribution in [0.3, 0.4) is 0 Å². The van der Waals surface area contributed by atoms with Gasteiger partial charge in [0.2, 0.25) is 0 Å². The standard InChI is InChI=1S/C12H13NO/c1-7-8(2)13-12-6-10(9(3)14)4-5-11(7)12/h4-6,13H,1-3H3.